The number of nitrogens with zero attached hydrogens (tertiary/aromatic N) is 1. The zero-order valence-electron chi connectivity index (χ0n) is 19.0. The molecule has 1 N–H and O–H groups in total. The van der Waals surface area contributed by atoms with Gasteiger partial charge in [0.05, 0.1) is 23.2 Å². The summed E-state index contributed by atoms with van der Waals surface area (Å²) in [5.41, 5.74) is 0.993. The van der Waals surface area contributed by atoms with E-state index in [1.165, 1.54) is 17.0 Å². The van der Waals surface area contributed by atoms with Gasteiger partial charge in [0.25, 0.3) is 11.7 Å². The van der Waals surface area contributed by atoms with Crippen molar-refractivity contribution in [1.82, 2.24) is 0 Å². The van der Waals surface area contributed by atoms with E-state index in [1.807, 2.05) is 13.8 Å². The Labute approximate surface area is 212 Å². The number of hydrogen-bond acceptors (Lipinski definition) is 4. The normalized spacial score (nSPS) is 17.3. The lowest BCUT2D eigenvalue weighted by Gasteiger charge is -2.25. The van der Waals surface area contributed by atoms with Crippen molar-refractivity contribution in [3.8, 4) is 5.75 Å². The Bertz CT molecular complexity index is 1300. The highest BCUT2D eigenvalue weighted by atomic mass is 35.5. The van der Waals surface area contributed by atoms with Crippen molar-refractivity contribution < 1.29 is 23.8 Å². The smallest absolute Gasteiger partial charge is 0.300 e. The zero-order valence-corrected chi connectivity index (χ0v) is 20.5. The van der Waals surface area contributed by atoms with Crippen LogP contribution in [0.2, 0.25) is 10.0 Å². The van der Waals surface area contributed by atoms with Crippen LogP contribution in [0.3, 0.4) is 0 Å². The average molecular weight is 514 g/mol. The molecule has 1 fully saturated rings. The second-order valence-corrected chi connectivity index (χ2v) is 9.39. The maximum Gasteiger partial charge on any atom is 0.300 e. The number of rotatable bonds is 6. The van der Waals surface area contributed by atoms with Gasteiger partial charge < -0.3 is 9.84 Å². The summed E-state index contributed by atoms with van der Waals surface area (Å²) >= 11 is 12.0. The van der Waals surface area contributed by atoms with E-state index in [-0.39, 0.29) is 22.0 Å². The summed E-state index contributed by atoms with van der Waals surface area (Å²) < 4.78 is 19.5. The predicted molar refractivity (Wildman–Crippen MR) is 134 cm³/mol. The van der Waals surface area contributed by atoms with Crippen molar-refractivity contribution in [2.24, 2.45) is 5.92 Å². The SMILES string of the molecule is CC(C)COc1ccc(/C(O)=C2\C(=O)C(=O)N(c3ccc(F)c(Cl)c3)C2c2ccc(Cl)cc2)cc1. The number of anilines is 1. The average Bonchev–Trinajstić information content (AvgIpc) is 3.10. The molecule has 4 rings (SSSR count). The first kappa shape index (κ1) is 24.8. The van der Waals surface area contributed by atoms with Crippen molar-refractivity contribution in [1.29, 1.82) is 0 Å². The minimum Gasteiger partial charge on any atom is -0.507 e. The van der Waals surface area contributed by atoms with E-state index in [1.54, 1.807) is 48.5 Å². The van der Waals surface area contributed by atoms with Gasteiger partial charge in [-0.1, -0.05) is 49.2 Å². The lowest BCUT2D eigenvalue weighted by molar-refractivity contribution is -0.132. The first-order valence-corrected chi connectivity index (χ1v) is 11.7. The number of halogens is 3. The van der Waals surface area contributed by atoms with Gasteiger partial charge in [0, 0.05) is 16.3 Å². The molecule has 0 spiro atoms. The molecule has 1 heterocycles. The number of benzene rings is 3. The summed E-state index contributed by atoms with van der Waals surface area (Å²) in [5.74, 6) is -1.78. The van der Waals surface area contributed by atoms with Crippen LogP contribution in [0.4, 0.5) is 10.1 Å². The summed E-state index contributed by atoms with van der Waals surface area (Å²) in [6, 6.07) is 15.9. The molecule has 1 atom stereocenters. The van der Waals surface area contributed by atoms with E-state index in [2.05, 4.69) is 0 Å². The molecule has 0 aromatic heterocycles. The molecule has 5 nitrogen and oxygen atoms in total. The van der Waals surface area contributed by atoms with Crippen LogP contribution in [0.5, 0.6) is 5.75 Å². The lowest BCUT2D eigenvalue weighted by Crippen LogP contribution is -2.29. The van der Waals surface area contributed by atoms with Crippen LogP contribution in [-0.2, 0) is 9.59 Å². The van der Waals surface area contributed by atoms with Crippen molar-refractivity contribution in [3.63, 3.8) is 0 Å². The van der Waals surface area contributed by atoms with E-state index in [9.17, 15) is 19.1 Å². The number of aliphatic hydroxyl groups is 1. The van der Waals surface area contributed by atoms with E-state index in [4.69, 9.17) is 27.9 Å². The Morgan fingerprint density at radius 1 is 1.03 bits per heavy atom. The molecule has 0 saturated carbocycles. The quantitative estimate of drug-likeness (QED) is 0.223. The van der Waals surface area contributed by atoms with Gasteiger partial charge in [0.2, 0.25) is 0 Å². The number of Topliss-reactive ketones (excluding diaryl/α,β-unsaturated/α-hetero) is 1. The van der Waals surface area contributed by atoms with E-state index >= 15 is 0 Å². The van der Waals surface area contributed by atoms with E-state index in [0.29, 0.717) is 34.4 Å². The molecular formula is C27H22Cl2FNO4. The minimum atomic E-state index is -0.981. The molecule has 0 bridgehead atoms. The summed E-state index contributed by atoms with van der Waals surface area (Å²) in [5, 5.41) is 11.5. The second kappa shape index (κ2) is 10.1. The van der Waals surface area contributed by atoms with Gasteiger partial charge in [0.1, 0.15) is 17.3 Å². The number of ether oxygens (including phenoxy) is 1. The Morgan fingerprint density at radius 3 is 2.29 bits per heavy atom. The van der Waals surface area contributed by atoms with Crippen LogP contribution in [0, 0.1) is 11.7 Å². The van der Waals surface area contributed by atoms with Crippen LogP contribution in [0.25, 0.3) is 5.76 Å². The Morgan fingerprint density at radius 2 is 1.69 bits per heavy atom. The fourth-order valence-electron chi connectivity index (χ4n) is 3.82. The number of hydrogen-bond donors (Lipinski definition) is 1. The third kappa shape index (κ3) is 5.04. The number of aliphatic hydroxyl groups excluding tert-OH is 1. The van der Waals surface area contributed by atoms with Gasteiger partial charge in [-0.2, -0.15) is 0 Å². The lowest BCUT2D eigenvalue weighted by atomic mass is 9.95. The first-order valence-electron chi connectivity index (χ1n) is 10.9. The van der Waals surface area contributed by atoms with Crippen LogP contribution < -0.4 is 9.64 Å². The summed E-state index contributed by atoms with van der Waals surface area (Å²) in [4.78, 5) is 27.5. The predicted octanol–water partition coefficient (Wildman–Crippen LogP) is 6.79. The molecule has 35 heavy (non-hydrogen) atoms. The molecule has 180 valence electrons. The Kier molecular flexibility index (Phi) is 7.15. The van der Waals surface area contributed by atoms with Crippen LogP contribution in [-0.4, -0.2) is 23.4 Å². The van der Waals surface area contributed by atoms with Crippen molar-refractivity contribution >= 4 is 46.3 Å². The van der Waals surface area contributed by atoms with Gasteiger partial charge in [-0.05, 0) is 66.1 Å². The fourth-order valence-corrected chi connectivity index (χ4v) is 4.12. The summed E-state index contributed by atoms with van der Waals surface area (Å²) in [6.45, 7) is 4.60. The molecule has 0 aliphatic carbocycles. The second-order valence-electron chi connectivity index (χ2n) is 8.55. The molecule has 3 aromatic rings. The monoisotopic (exact) mass is 513 g/mol. The maximum absolute atomic E-state index is 13.8. The van der Waals surface area contributed by atoms with E-state index in [0.717, 1.165) is 6.07 Å². The summed E-state index contributed by atoms with van der Waals surface area (Å²) in [7, 11) is 0. The van der Waals surface area contributed by atoms with Crippen LogP contribution >= 0.6 is 23.2 Å². The van der Waals surface area contributed by atoms with Crippen molar-refractivity contribution in [2.45, 2.75) is 19.9 Å². The third-order valence-electron chi connectivity index (χ3n) is 5.52. The Hall–Kier alpha value is -3.35. The molecule has 1 aliphatic rings. The topological polar surface area (TPSA) is 66.8 Å². The fraction of sp³-hybridized carbons (Fsp3) is 0.185. The molecule has 1 aliphatic heterocycles. The van der Waals surface area contributed by atoms with Gasteiger partial charge in [-0.15, -0.1) is 0 Å². The molecule has 1 saturated heterocycles. The number of carbonyl (C=O) groups excluding carboxylic acids is 2. The van der Waals surface area contributed by atoms with E-state index < -0.39 is 23.5 Å². The third-order valence-corrected chi connectivity index (χ3v) is 6.06. The number of ketones is 1. The highest BCUT2D eigenvalue weighted by Gasteiger charge is 2.47. The zero-order chi connectivity index (χ0) is 25.3. The largest absolute Gasteiger partial charge is 0.507 e. The number of amides is 1. The number of carbonyl (C=O) groups is 2. The van der Waals surface area contributed by atoms with Crippen molar-refractivity contribution in [3.05, 3.63) is 99.3 Å². The molecule has 3 aromatic carbocycles. The molecular weight excluding hydrogens is 492 g/mol. The first-order chi connectivity index (χ1) is 16.7. The molecule has 8 heteroatoms. The standard InChI is InChI=1S/C27H22Cl2FNO4/c1-15(2)14-35-20-10-5-17(6-11-20)25(32)23-24(16-3-7-18(28)8-4-16)31(27(34)26(23)33)19-9-12-22(30)21(29)13-19/h3-13,15,24,32H,14H2,1-2H3/b25-23+. The maximum atomic E-state index is 13.8. The van der Waals surface area contributed by atoms with Crippen LogP contribution in [0.15, 0.2) is 72.3 Å². The van der Waals surface area contributed by atoms with Gasteiger partial charge in [0.15, 0.2) is 0 Å². The minimum absolute atomic E-state index is 0.103. The Balaban J connectivity index is 1.83. The molecule has 1 unspecified atom stereocenters. The van der Waals surface area contributed by atoms with Gasteiger partial charge in [-0.3, -0.25) is 14.5 Å². The van der Waals surface area contributed by atoms with Crippen LogP contribution in [0.1, 0.15) is 31.0 Å². The van der Waals surface area contributed by atoms with Gasteiger partial charge in [-0.25, -0.2) is 4.39 Å². The molecule has 0 radical (unpaired) electrons. The molecule has 1 amide bonds. The highest BCUT2D eigenvalue weighted by Crippen LogP contribution is 2.43. The highest BCUT2D eigenvalue weighted by molar-refractivity contribution is 6.51. The van der Waals surface area contributed by atoms with Crippen molar-refractivity contribution in [2.75, 3.05) is 11.5 Å². The summed E-state index contributed by atoms with van der Waals surface area (Å²) in [6.07, 6.45) is 0. The van der Waals surface area contributed by atoms with Gasteiger partial charge >= 0.3 is 0 Å².